The van der Waals surface area contributed by atoms with E-state index < -0.39 is 12.1 Å². The molecule has 0 aliphatic carbocycles. The number of piperazine rings is 1. The van der Waals surface area contributed by atoms with Crippen molar-refractivity contribution >= 4 is 11.8 Å². The normalized spacial score (nSPS) is 17.6. The van der Waals surface area contributed by atoms with E-state index in [9.17, 15) is 22.8 Å². The third-order valence-electron chi connectivity index (χ3n) is 2.43. The van der Waals surface area contributed by atoms with Gasteiger partial charge in [0.25, 0.3) is 0 Å². The Labute approximate surface area is 96.7 Å². The highest BCUT2D eigenvalue weighted by Gasteiger charge is 2.43. The maximum atomic E-state index is 12.1. The number of carbonyl (C=O) groups excluding carboxylic acids is 2. The summed E-state index contributed by atoms with van der Waals surface area (Å²) in [6.07, 6.45) is -1.92. The van der Waals surface area contributed by atoms with Gasteiger partial charge in [-0.2, -0.15) is 13.2 Å². The van der Waals surface area contributed by atoms with Crippen LogP contribution >= 0.6 is 0 Å². The lowest BCUT2D eigenvalue weighted by Gasteiger charge is -2.34. The molecule has 1 heterocycles. The van der Waals surface area contributed by atoms with Crippen LogP contribution in [0.4, 0.5) is 13.2 Å². The predicted octanol–water partition coefficient (Wildman–Crippen LogP) is 0.796. The number of rotatable bonds is 1. The van der Waals surface area contributed by atoms with Crippen LogP contribution in [-0.2, 0) is 9.59 Å². The van der Waals surface area contributed by atoms with Crippen LogP contribution in [-0.4, -0.2) is 54.0 Å². The van der Waals surface area contributed by atoms with Crippen molar-refractivity contribution < 1.29 is 22.8 Å². The van der Waals surface area contributed by atoms with E-state index in [0.29, 0.717) is 0 Å². The van der Waals surface area contributed by atoms with Gasteiger partial charge in [0.05, 0.1) is 0 Å². The molecule has 0 spiro atoms. The van der Waals surface area contributed by atoms with Crippen molar-refractivity contribution in [2.75, 3.05) is 26.2 Å². The summed E-state index contributed by atoms with van der Waals surface area (Å²) in [6, 6.07) is 0. The van der Waals surface area contributed by atoms with Gasteiger partial charge in [0, 0.05) is 26.2 Å². The fourth-order valence-corrected chi connectivity index (χ4v) is 1.56. The minimum Gasteiger partial charge on any atom is -0.336 e. The molecule has 0 radical (unpaired) electrons. The second-order valence-corrected chi connectivity index (χ2v) is 3.62. The Morgan fingerprint density at radius 1 is 1.06 bits per heavy atom. The monoisotopic (exact) mass is 250 g/mol. The van der Waals surface area contributed by atoms with Crippen molar-refractivity contribution in [2.24, 2.45) is 0 Å². The molecular weight excluding hydrogens is 237 g/mol. The lowest BCUT2D eigenvalue weighted by molar-refractivity contribution is -0.187. The number of amides is 2. The van der Waals surface area contributed by atoms with E-state index in [1.165, 1.54) is 11.0 Å². The summed E-state index contributed by atoms with van der Waals surface area (Å²) in [5.41, 5.74) is 0. The Morgan fingerprint density at radius 2 is 1.53 bits per heavy atom. The average molecular weight is 250 g/mol. The second kappa shape index (κ2) is 5.20. The molecule has 1 rings (SSSR count). The zero-order chi connectivity index (χ0) is 13.1. The quantitative estimate of drug-likeness (QED) is 0.646. The van der Waals surface area contributed by atoms with Gasteiger partial charge in [-0.05, 0) is 13.0 Å². The van der Waals surface area contributed by atoms with E-state index in [1.54, 1.807) is 13.0 Å². The van der Waals surface area contributed by atoms with E-state index in [0.717, 1.165) is 4.90 Å². The van der Waals surface area contributed by atoms with Gasteiger partial charge in [-0.1, -0.05) is 6.08 Å². The van der Waals surface area contributed by atoms with Gasteiger partial charge in [-0.3, -0.25) is 9.59 Å². The van der Waals surface area contributed by atoms with Gasteiger partial charge >= 0.3 is 12.1 Å². The van der Waals surface area contributed by atoms with Gasteiger partial charge in [-0.25, -0.2) is 0 Å². The van der Waals surface area contributed by atoms with Gasteiger partial charge in [0.2, 0.25) is 5.91 Å². The van der Waals surface area contributed by atoms with Crippen LogP contribution < -0.4 is 0 Å². The van der Waals surface area contributed by atoms with Crippen LogP contribution in [0, 0.1) is 0 Å². The Balaban J connectivity index is 2.52. The maximum Gasteiger partial charge on any atom is 0.471 e. The lowest BCUT2D eigenvalue weighted by atomic mass is 10.3. The Morgan fingerprint density at radius 3 is 1.94 bits per heavy atom. The fourth-order valence-electron chi connectivity index (χ4n) is 1.56. The topological polar surface area (TPSA) is 40.6 Å². The first-order valence-corrected chi connectivity index (χ1v) is 5.14. The molecule has 1 aliphatic rings. The lowest BCUT2D eigenvalue weighted by Crippen LogP contribution is -2.53. The molecular formula is C10H13F3N2O2. The number of halogens is 3. The zero-order valence-electron chi connectivity index (χ0n) is 9.33. The van der Waals surface area contributed by atoms with E-state index in [1.807, 2.05) is 0 Å². The van der Waals surface area contributed by atoms with E-state index in [4.69, 9.17) is 0 Å². The molecule has 7 heteroatoms. The van der Waals surface area contributed by atoms with Crippen LogP contribution in [0.5, 0.6) is 0 Å². The summed E-state index contributed by atoms with van der Waals surface area (Å²) >= 11 is 0. The SMILES string of the molecule is C/C=C/C(=O)N1CCN(C(=O)C(F)(F)F)CC1. The van der Waals surface area contributed by atoms with Crippen molar-refractivity contribution in [1.29, 1.82) is 0 Å². The van der Waals surface area contributed by atoms with Crippen molar-refractivity contribution in [3.63, 3.8) is 0 Å². The summed E-state index contributed by atoms with van der Waals surface area (Å²) in [5, 5.41) is 0. The summed E-state index contributed by atoms with van der Waals surface area (Å²) in [6.45, 7) is 1.78. The number of hydrogen-bond acceptors (Lipinski definition) is 2. The first-order valence-electron chi connectivity index (χ1n) is 5.14. The molecule has 0 N–H and O–H groups in total. The number of allylic oxidation sites excluding steroid dienone is 1. The first kappa shape index (κ1) is 13.5. The van der Waals surface area contributed by atoms with Gasteiger partial charge < -0.3 is 9.80 Å². The summed E-state index contributed by atoms with van der Waals surface area (Å²) in [5.74, 6) is -2.08. The smallest absolute Gasteiger partial charge is 0.336 e. The third kappa shape index (κ3) is 3.47. The Hall–Kier alpha value is -1.53. The maximum absolute atomic E-state index is 12.1. The third-order valence-corrected chi connectivity index (χ3v) is 2.43. The van der Waals surface area contributed by atoms with Crippen LogP contribution in [0.25, 0.3) is 0 Å². The fraction of sp³-hybridized carbons (Fsp3) is 0.600. The minimum absolute atomic E-state index is 0.0817. The molecule has 17 heavy (non-hydrogen) atoms. The average Bonchev–Trinajstić information content (AvgIpc) is 2.27. The number of nitrogens with zero attached hydrogens (tertiary/aromatic N) is 2. The molecule has 0 unspecified atom stereocenters. The molecule has 1 fully saturated rings. The Kier molecular flexibility index (Phi) is 4.14. The van der Waals surface area contributed by atoms with Crippen LogP contribution in [0.2, 0.25) is 0 Å². The molecule has 1 aliphatic heterocycles. The molecule has 0 aromatic carbocycles. The van der Waals surface area contributed by atoms with Crippen molar-refractivity contribution in [1.82, 2.24) is 9.80 Å². The molecule has 0 atom stereocenters. The van der Waals surface area contributed by atoms with Crippen molar-refractivity contribution in [3.8, 4) is 0 Å². The van der Waals surface area contributed by atoms with Crippen molar-refractivity contribution in [3.05, 3.63) is 12.2 Å². The number of alkyl halides is 3. The highest BCUT2D eigenvalue weighted by Crippen LogP contribution is 2.19. The second-order valence-electron chi connectivity index (χ2n) is 3.62. The molecule has 0 aromatic rings. The van der Waals surface area contributed by atoms with Crippen LogP contribution in [0.3, 0.4) is 0 Å². The molecule has 4 nitrogen and oxygen atoms in total. The zero-order valence-corrected chi connectivity index (χ0v) is 9.33. The van der Waals surface area contributed by atoms with Crippen LogP contribution in [0.1, 0.15) is 6.92 Å². The summed E-state index contributed by atoms with van der Waals surface area (Å²) in [4.78, 5) is 24.4. The Bertz CT molecular complexity index is 331. The highest BCUT2D eigenvalue weighted by molar-refractivity contribution is 5.88. The largest absolute Gasteiger partial charge is 0.471 e. The highest BCUT2D eigenvalue weighted by atomic mass is 19.4. The van der Waals surface area contributed by atoms with Gasteiger partial charge in [0.15, 0.2) is 0 Å². The standard InChI is InChI=1S/C10H13F3N2O2/c1-2-3-8(16)14-4-6-15(7-5-14)9(17)10(11,12)13/h2-3H,4-7H2,1H3/b3-2+. The molecule has 96 valence electrons. The molecule has 1 saturated heterocycles. The van der Waals surface area contributed by atoms with E-state index in [-0.39, 0.29) is 32.1 Å². The molecule has 0 bridgehead atoms. The summed E-state index contributed by atoms with van der Waals surface area (Å²) < 4.78 is 36.4. The molecule has 0 saturated carbocycles. The van der Waals surface area contributed by atoms with Gasteiger partial charge in [-0.15, -0.1) is 0 Å². The van der Waals surface area contributed by atoms with Crippen LogP contribution in [0.15, 0.2) is 12.2 Å². The molecule has 0 aromatic heterocycles. The van der Waals surface area contributed by atoms with E-state index in [2.05, 4.69) is 0 Å². The minimum atomic E-state index is -4.84. The number of carbonyl (C=O) groups is 2. The molecule has 2 amide bonds. The summed E-state index contributed by atoms with van der Waals surface area (Å²) in [7, 11) is 0. The van der Waals surface area contributed by atoms with E-state index >= 15 is 0 Å². The predicted molar refractivity (Wildman–Crippen MR) is 54.0 cm³/mol. The van der Waals surface area contributed by atoms with Crippen molar-refractivity contribution in [2.45, 2.75) is 13.1 Å². The number of hydrogen-bond donors (Lipinski definition) is 0. The first-order chi connectivity index (χ1) is 7.86. The van der Waals surface area contributed by atoms with Gasteiger partial charge in [0.1, 0.15) is 0 Å².